The lowest BCUT2D eigenvalue weighted by molar-refractivity contribution is -0.137. The third-order valence-corrected chi connectivity index (χ3v) is 3.25. The van der Waals surface area contributed by atoms with Crippen LogP contribution in [0.2, 0.25) is 0 Å². The van der Waals surface area contributed by atoms with Crippen LogP contribution >= 0.6 is 0 Å². The standard InChI is InChI=1S/C15H19N5O3/c1-10-3-6-12(7-4-10)15-17-19-20(18-15)9-13(21)16-11(2)5-8-14(22)23/h3-4,6-7,11H,5,8-9H2,1-2H3,(H,16,21)(H,22,23). The van der Waals surface area contributed by atoms with Gasteiger partial charge in [0.05, 0.1) is 0 Å². The minimum absolute atomic E-state index is 0.0145. The maximum Gasteiger partial charge on any atom is 0.303 e. The maximum absolute atomic E-state index is 11.9. The highest BCUT2D eigenvalue weighted by atomic mass is 16.4. The van der Waals surface area contributed by atoms with Crippen molar-refractivity contribution in [2.24, 2.45) is 0 Å². The van der Waals surface area contributed by atoms with Gasteiger partial charge in [-0.2, -0.15) is 4.80 Å². The van der Waals surface area contributed by atoms with Crippen molar-refractivity contribution in [1.29, 1.82) is 0 Å². The highest BCUT2D eigenvalue weighted by Crippen LogP contribution is 2.13. The first-order valence-electron chi connectivity index (χ1n) is 7.30. The Morgan fingerprint density at radius 2 is 2.00 bits per heavy atom. The third-order valence-electron chi connectivity index (χ3n) is 3.25. The summed E-state index contributed by atoms with van der Waals surface area (Å²) in [5.41, 5.74) is 1.97. The summed E-state index contributed by atoms with van der Waals surface area (Å²) in [5, 5.41) is 23.3. The van der Waals surface area contributed by atoms with Gasteiger partial charge in [-0.25, -0.2) is 0 Å². The van der Waals surface area contributed by atoms with Gasteiger partial charge in [-0.1, -0.05) is 29.8 Å². The van der Waals surface area contributed by atoms with Crippen LogP contribution in [0, 0.1) is 6.92 Å². The number of carboxylic acids is 1. The summed E-state index contributed by atoms with van der Waals surface area (Å²) in [6, 6.07) is 7.47. The fourth-order valence-electron chi connectivity index (χ4n) is 1.99. The van der Waals surface area contributed by atoms with Crippen LogP contribution in [0.3, 0.4) is 0 Å². The fourth-order valence-corrected chi connectivity index (χ4v) is 1.99. The van der Waals surface area contributed by atoms with Crippen LogP contribution in [0.5, 0.6) is 0 Å². The molecule has 0 spiro atoms. The van der Waals surface area contributed by atoms with Crippen molar-refractivity contribution in [3.8, 4) is 11.4 Å². The van der Waals surface area contributed by atoms with E-state index in [1.165, 1.54) is 4.80 Å². The predicted molar refractivity (Wildman–Crippen MR) is 82.5 cm³/mol. The van der Waals surface area contributed by atoms with Gasteiger partial charge in [-0.15, -0.1) is 10.2 Å². The average Bonchev–Trinajstić information content (AvgIpc) is 2.94. The molecule has 0 fully saturated rings. The number of tetrazole rings is 1. The van der Waals surface area contributed by atoms with Gasteiger partial charge in [0.2, 0.25) is 11.7 Å². The van der Waals surface area contributed by atoms with E-state index in [9.17, 15) is 9.59 Å². The molecule has 0 aliphatic heterocycles. The molecule has 1 atom stereocenters. The maximum atomic E-state index is 11.9. The van der Waals surface area contributed by atoms with Crippen molar-refractivity contribution in [1.82, 2.24) is 25.5 Å². The Balaban J connectivity index is 1.89. The molecule has 0 radical (unpaired) electrons. The quantitative estimate of drug-likeness (QED) is 0.789. The van der Waals surface area contributed by atoms with Gasteiger partial charge in [-0.3, -0.25) is 9.59 Å². The molecule has 8 nitrogen and oxygen atoms in total. The van der Waals surface area contributed by atoms with Gasteiger partial charge in [0.25, 0.3) is 0 Å². The number of carbonyl (C=O) groups excluding carboxylic acids is 1. The zero-order valence-corrected chi connectivity index (χ0v) is 13.1. The molecule has 0 bridgehead atoms. The van der Waals surface area contributed by atoms with Crippen molar-refractivity contribution in [2.75, 3.05) is 0 Å². The molecule has 1 aromatic heterocycles. The van der Waals surface area contributed by atoms with Crippen LogP contribution in [0.25, 0.3) is 11.4 Å². The molecule has 0 aliphatic carbocycles. The van der Waals surface area contributed by atoms with E-state index < -0.39 is 5.97 Å². The van der Waals surface area contributed by atoms with E-state index in [0.717, 1.165) is 11.1 Å². The number of hydrogen-bond donors (Lipinski definition) is 2. The second-order valence-electron chi connectivity index (χ2n) is 5.41. The summed E-state index contributed by atoms with van der Waals surface area (Å²) in [5.74, 6) is -0.709. The van der Waals surface area contributed by atoms with Gasteiger partial charge >= 0.3 is 5.97 Å². The summed E-state index contributed by atoms with van der Waals surface area (Å²) in [4.78, 5) is 23.6. The molecule has 2 N–H and O–H groups in total. The molecule has 2 aromatic rings. The van der Waals surface area contributed by atoms with Gasteiger partial charge in [0.15, 0.2) is 0 Å². The first-order chi connectivity index (χ1) is 10.9. The molecular weight excluding hydrogens is 298 g/mol. The lowest BCUT2D eigenvalue weighted by Gasteiger charge is -2.11. The fraction of sp³-hybridized carbons (Fsp3) is 0.400. The molecule has 0 saturated heterocycles. The van der Waals surface area contributed by atoms with Crippen LogP contribution in [0.15, 0.2) is 24.3 Å². The van der Waals surface area contributed by atoms with Crippen molar-refractivity contribution in [3.63, 3.8) is 0 Å². The summed E-state index contributed by atoms with van der Waals surface area (Å²) >= 11 is 0. The molecule has 1 unspecified atom stereocenters. The number of rotatable bonds is 7. The SMILES string of the molecule is Cc1ccc(-c2nnn(CC(=O)NC(C)CCC(=O)O)n2)cc1. The van der Waals surface area contributed by atoms with Gasteiger partial charge in [0.1, 0.15) is 6.54 Å². The molecule has 23 heavy (non-hydrogen) atoms. The van der Waals surface area contributed by atoms with E-state index in [2.05, 4.69) is 20.7 Å². The van der Waals surface area contributed by atoms with E-state index >= 15 is 0 Å². The van der Waals surface area contributed by atoms with Crippen LogP contribution in [-0.4, -0.2) is 43.2 Å². The number of amides is 1. The molecular formula is C15H19N5O3. The van der Waals surface area contributed by atoms with Crippen LogP contribution in [0.4, 0.5) is 0 Å². The highest BCUT2D eigenvalue weighted by molar-refractivity contribution is 5.76. The van der Waals surface area contributed by atoms with E-state index in [4.69, 9.17) is 5.11 Å². The largest absolute Gasteiger partial charge is 0.481 e. The van der Waals surface area contributed by atoms with Crippen molar-refractivity contribution in [3.05, 3.63) is 29.8 Å². The number of aromatic nitrogens is 4. The molecule has 8 heteroatoms. The average molecular weight is 317 g/mol. The Morgan fingerprint density at radius 3 is 2.65 bits per heavy atom. The smallest absolute Gasteiger partial charge is 0.303 e. The Hall–Kier alpha value is -2.77. The Labute approximate surface area is 133 Å². The van der Waals surface area contributed by atoms with Crippen molar-refractivity contribution >= 4 is 11.9 Å². The van der Waals surface area contributed by atoms with E-state index in [-0.39, 0.29) is 24.9 Å². The second-order valence-corrected chi connectivity index (χ2v) is 5.41. The molecule has 0 aliphatic rings. The first kappa shape index (κ1) is 16.6. The number of nitrogens with one attached hydrogen (secondary N) is 1. The van der Waals surface area contributed by atoms with Gasteiger partial charge in [-0.05, 0) is 25.5 Å². The lowest BCUT2D eigenvalue weighted by atomic mass is 10.1. The molecule has 0 saturated carbocycles. The second kappa shape index (κ2) is 7.48. The molecule has 1 heterocycles. The number of carboxylic acid groups (broad SMARTS) is 1. The monoisotopic (exact) mass is 317 g/mol. The number of carbonyl (C=O) groups is 2. The normalized spacial score (nSPS) is 11.9. The Morgan fingerprint density at radius 1 is 1.30 bits per heavy atom. The van der Waals surface area contributed by atoms with E-state index in [1.54, 1.807) is 6.92 Å². The van der Waals surface area contributed by atoms with Crippen LogP contribution < -0.4 is 5.32 Å². The van der Waals surface area contributed by atoms with E-state index in [0.29, 0.717) is 12.2 Å². The lowest BCUT2D eigenvalue weighted by Crippen LogP contribution is -2.35. The third kappa shape index (κ3) is 5.17. The van der Waals surface area contributed by atoms with Gasteiger partial charge in [0, 0.05) is 18.0 Å². The predicted octanol–water partition coefficient (Wildman–Crippen LogP) is 1.02. The zero-order valence-electron chi connectivity index (χ0n) is 13.1. The van der Waals surface area contributed by atoms with Crippen LogP contribution in [-0.2, 0) is 16.1 Å². The van der Waals surface area contributed by atoms with Crippen molar-refractivity contribution < 1.29 is 14.7 Å². The Kier molecular flexibility index (Phi) is 5.40. The minimum atomic E-state index is -0.883. The number of nitrogens with zero attached hydrogens (tertiary/aromatic N) is 4. The number of benzene rings is 1. The first-order valence-corrected chi connectivity index (χ1v) is 7.30. The number of aryl methyl sites for hydroxylation is 1. The number of hydrogen-bond acceptors (Lipinski definition) is 5. The van der Waals surface area contributed by atoms with Crippen molar-refractivity contribution in [2.45, 2.75) is 39.3 Å². The summed E-state index contributed by atoms with van der Waals surface area (Å²) in [6.07, 6.45) is 0.390. The minimum Gasteiger partial charge on any atom is -0.481 e. The van der Waals surface area contributed by atoms with E-state index in [1.807, 2.05) is 31.2 Å². The molecule has 2 rings (SSSR count). The molecule has 1 amide bonds. The zero-order chi connectivity index (χ0) is 16.8. The molecule has 122 valence electrons. The van der Waals surface area contributed by atoms with Crippen LogP contribution in [0.1, 0.15) is 25.3 Å². The summed E-state index contributed by atoms with van der Waals surface area (Å²) < 4.78 is 0. The highest BCUT2D eigenvalue weighted by Gasteiger charge is 2.12. The summed E-state index contributed by atoms with van der Waals surface area (Å²) in [6.45, 7) is 3.69. The number of aliphatic carboxylic acids is 1. The van der Waals surface area contributed by atoms with Gasteiger partial charge < -0.3 is 10.4 Å². The Bertz CT molecular complexity index is 681. The molecule has 1 aromatic carbocycles. The summed E-state index contributed by atoms with van der Waals surface area (Å²) in [7, 11) is 0. The topological polar surface area (TPSA) is 110 Å².